The molecule has 6 nitrogen and oxygen atoms in total. The average Bonchev–Trinajstić information content (AvgIpc) is 2.61. The highest BCUT2D eigenvalue weighted by molar-refractivity contribution is 7.89. The van der Waals surface area contributed by atoms with Crippen LogP contribution in [-0.2, 0) is 10.0 Å². The van der Waals surface area contributed by atoms with E-state index in [9.17, 15) is 13.2 Å². The summed E-state index contributed by atoms with van der Waals surface area (Å²) in [6.45, 7) is 8.10. The summed E-state index contributed by atoms with van der Waals surface area (Å²) in [7, 11) is -2.35. The second kappa shape index (κ2) is 8.54. The lowest BCUT2D eigenvalue weighted by Gasteiger charge is -2.20. The van der Waals surface area contributed by atoms with Crippen LogP contribution in [0.1, 0.15) is 35.3 Å². The molecular formula is C20H26N2O4S. The maximum atomic E-state index is 12.9. The largest absolute Gasteiger partial charge is 0.495 e. The van der Waals surface area contributed by atoms with Crippen LogP contribution in [-0.4, -0.2) is 38.8 Å². The molecule has 2 rings (SSSR count). The highest BCUT2D eigenvalue weighted by Gasteiger charge is 2.26. The van der Waals surface area contributed by atoms with Crippen molar-refractivity contribution in [3.05, 3.63) is 53.1 Å². The smallest absolute Gasteiger partial charge is 0.255 e. The molecule has 1 amide bonds. The zero-order valence-corrected chi connectivity index (χ0v) is 17.2. The van der Waals surface area contributed by atoms with E-state index in [4.69, 9.17) is 4.74 Å². The molecule has 0 aliphatic carbocycles. The summed E-state index contributed by atoms with van der Waals surface area (Å²) in [6.07, 6.45) is 0. The van der Waals surface area contributed by atoms with Gasteiger partial charge in [-0.2, -0.15) is 4.31 Å². The number of hydrogen-bond acceptors (Lipinski definition) is 4. The fourth-order valence-corrected chi connectivity index (χ4v) is 4.61. The van der Waals surface area contributed by atoms with E-state index in [0.29, 0.717) is 18.8 Å². The lowest BCUT2D eigenvalue weighted by Crippen LogP contribution is -2.31. The normalized spacial score (nSPS) is 11.5. The minimum Gasteiger partial charge on any atom is -0.495 e. The van der Waals surface area contributed by atoms with E-state index < -0.39 is 10.0 Å². The van der Waals surface area contributed by atoms with E-state index in [1.54, 1.807) is 19.9 Å². The van der Waals surface area contributed by atoms with Crippen LogP contribution in [0.5, 0.6) is 5.75 Å². The summed E-state index contributed by atoms with van der Waals surface area (Å²) in [4.78, 5) is 12.7. The molecule has 0 saturated carbocycles. The van der Waals surface area contributed by atoms with Crippen LogP contribution in [0.3, 0.4) is 0 Å². The zero-order chi connectivity index (χ0) is 20.2. The number of benzene rings is 2. The van der Waals surface area contributed by atoms with Crippen LogP contribution in [0.25, 0.3) is 0 Å². The van der Waals surface area contributed by atoms with Gasteiger partial charge in [0.2, 0.25) is 10.0 Å². The number of rotatable bonds is 7. The van der Waals surface area contributed by atoms with Crippen molar-refractivity contribution in [2.75, 3.05) is 25.5 Å². The van der Waals surface area contributed by atoms with E-state index >= 15 is 0 Å². The fraction of sp³-hybridized carbons (Fsp3) is 0.350. The molecule has 2 aromatic carbocycles. The summed E-state index contributed by atoms with van der Waals surface area (Å²) < 4.78 is 32.4. The van der Waals surface area contributed by atoms with Gasteiger partial charge in [-0.3, -0.25) is 4.79 Å². The molecule has 27 heavy (non-hydrogen) atoms. The molecule has 0 fully saturated rings. The van der Waals surface area contributed by atoms with Gasteiger partial charge in [0.05, 0.1) is 7.11 Å². The van der Waals surface area contributed by atoms with Crippen molar-refractivity contribution in [2.24, 2.45) is 0 Å². The van der Waals surface area contributed by atoms with E-state index in [-0.39, 0.29) is 22.1 Å². The number of carbonyl (C=O) groups excluding carboxylic acids is 1. The highest BCUT2D eigenvalue weighted by atomic mass is 32.2. The topological polar surface area (TPSA) is 75.7 Å². The molecule has 0 aliphatic rings. The SMILES string of the molecule is CCN(CC)S(=O)(=O)c1cc(C(=O)Nc2cc(C)cc(C)c2)ccc1OC. The number of aryl methyl sites for hydroxylation is 2. The van der Waals surface area contributed by atoms with Crippen molar-refractivity contribution < 1.29 is 17.9 Å². The molecule has 146 valence electrons. The van der Waals surface area contributed by atoms with Gasteiger partial charge in [0, 0.05) is 24.3 Å². The molecule has 0 unspecified atom stereocenters. The Morgan fingerprint density at radius 2 is 1.63 bits per heavy atom. The molecule has 0 aromatic heterocycles. The first-order chi connectivity index (χ1) is 12.7. The van der Waals surface area contributed by atoms with Gasteiger partial charge in [0.25, 0.3) is 5.91 Å². The third-order valence-electron chi connectivity index (χ3n) is 4.23. The number of carbonyl (C=O) groups is 1. The monoisotopic (exact) mass is 390 g/mol. The van der Waals surface area contributed by atoms with Crippen LogP contribution in [0.15, 0.2) is 41.3 Å². The molecule has 0 atom stereocenters. The lowest BCUT2D eigenvalue weighted by atomic mass is 10.1. The second-order valence-electron chi connectivity index (χ2n) is 6.29. The molecule has 0 spiro atoms. The van der Waals surface area contributed by atoms with Crippen molar-refractivity contribution in [1.82, 2.24) is 4.31 Å². The Kier molecular flexibility index (Phi) is 6.62. The van der Waals surface area contributed by atoms with Gasteiger partial charge in [-0.05, 0) is 55.3 Å². The van der Waals surface area contributed by atoms with E-state index in [0.717, 1.165) is 11.1 Å². The second-order valence-corrected chi connectivity index (χ2v) is 8.19. The fourth-order valence-electron chi connectivity index (χ4n) is 2.97. The van der Waals surface area contributed by atoms with Crippen molar-refractivity contribution >= 4 is 21.6 Å². The molecule has 0 aliphatic heterocycles. The van der Waals surface area contributed by atoms with Gasteiger partial charge in [-0.25, -0.2) is 8.42 Å². The maximum absolute atomic E-state index is 12.9. The van der Waals surface area contributed by atoms with Crippen LogP contribution >= 0.6 is 0 Å². The van der Waals surface area contributed by atoms with Gasteiger partial charge in [0.1, 0.15) is 10.6 Å². The number of sulfonamides is 1. The third-order valence-corrected chi connectivity index (χ3v) is 6.30. The number of hydrogen-bond donors (Lipinski definition) is 1. The third kappa shape index (κ3) is 4.67. The van der Waals surface area contributed by atoms with E-state index in [1.807, 2.05) is 32.0 Å². The van der Waals surface area contributed by atoms with Gasteiger partial charge in [0.15, 0.2) is 0 Å². The van der Waals surface area contributed by atoms with Crippen LogP contribution < -0.4 is 10.1 Å². The summed E-state index contributed by atoms with van der Waals surface area (Å²) >= 11 is 0. The predicted octanol–water partition coefficient (Wildman–Crippen LogP) is 3.59. The summed E-state index contributed by atoms with van der Waals surface area (Å²) in [6, 6.07) is 10.2. The van der Waals surface area contributed by atoms with Crippen molar-refractivity contribution in [1.29, 1.82) is 0 Å². The first-order valence-electron chi connectivity index (χ1n) is 8.80. The van der Waals surface area contributed by atoms with E-state index in [2.05, 4.69) is 5.32 Å². The average molecular weight is 391 g/mol. The number of anilines is 1. The van der Waals surface area contributed by atoms with Gasteiger partial charge < -0.3 is 10.1 Å². The number of nitrogens with zero attached hydrogens (tertiary/aromatic N) is 1. The Hall–Kier alpha value is -2.38. The minimum atomic E-state index is -3.76. The summed E-state index contributed by atoms with van der Waals surface area (Å²) in [5.41, 5.74) is 2.98. The minimum absolute atomic E-state index is 0.0122. The van der Waals surface area contributed by atoms with Crippen molar-refractivity contribution in [2.45, 2.75) is 32.6 Å². The Labute approximate surface area is 161 Å². The molecule has 2 aromatic rings. The molecule has 0 saturated heterocycles. The number of nitrogens with one attached hydrogen (secondary N) is 1. The lowest BCUT2D eigenvalue weighted by molar-refractivity contribution is 0.102. The molecule has 0 bridgehead atoms. The molecule has 1 N–H and O–H groups in total. The zero-order valence-electron chi connectivity index (χ0n) is 16.4. The standard InChI is InChI=1S/C20H26N2O4S/c1-6-22(7-2)27(24,25)19-13-16(8-9-18(19)26-5)20(23)21-17-11-14(3)10-15(4)12-17/h8-13H,6-7H2,1-5H3,(H,21,23). The molecule has 0 heterocycles. The highest BCUT2D eigenvalue weighted by Crippen LogP contribution is 2.28. The van der Waals surface area contributed by atoms with Gasteiger partial charge in [-0.1, -0.05) is 19.9 Å². The van der Waals surface area contributed by atoms with Gasteiger partial charge >= 0.3 is 0 Å². The Balaban J connectivity index is 2.43. The maximum Gasteiger partial charge on any atom is 0.255 e. The number of ether oxygens (including phenoxy) is 1. The van der Waals surface area contributed by atoms with Crippen LogP contribution in [0.4, 0.5) is 5.69 Å². The first-order valence-corrected chi connectivity index (χ1v) is 10.2. The van der Waals surface area contributed by atoms with Crippen LogP contribution in [0.2, 0.25) is 0 Å². The molecule has 0 radical (unpaired) electrons. The van der Waals surface area contributed by atoms with Crippen LogP contribution in [0, 0.1) is 13.8 Å². The summed E-state index contributed by atoms with van der Waals surface area (Å²) in [5.74, 6) is -0.163. The summed E-state index contributed by atoms with van der Waals surface area (Å²) in [5, 5.41) is 2.83. The van der Waals surface area contributed by atoms with Gasteiger partial charge in [-0.15, -0.1) is 0 Å². The first kappa shape index (κ1) is 20.9. The number of methoxy groups -OCH3 is 1. The van der Waals surface area contributed by atoms with Crippen molar-refractivity contribution in [3.63, 3.8) is 0 Å². The Bertz CT molecular complexity index is 915. The van der Waals surface area contributed by atoms with E-state index in [1.165, 1.54) is 23.5 Å². The quantitative estimate of drug-likeness (QED) is 0.784. The molecular weight excluding hydrogens is 364 g/mol. The Morgan fingerprint density at radius 1 is 1.04 bits per heavy atom. The van der Waals surface area contributed by atoms with Crippen molar-refractivity contribution in [3.8, 4) is 5.75 Å². The predicted molar refractivity (Wildman–Crippen MR) is 107 cm³/mol. The molecule has 7 heteroatoms. The Morgan fingerprint density at radius 3 is 2.15 bits per heavy atom. The number of amides is 1.